The second kappa shape index (κ2) is 1.85. The van der Waals surface area contributed by atoms with Crippen molar-refractivity contribution in [1.29, 1.82) is 0 Å². The maximum atomic E-state index is 10.4. The van der Waals surface area contributed by atoms with Gasteiger partial charge in [-0.15, -0.1) is 0 Å². The van der Waals surface area contributed by atoms with Crippen molar-refractivity contribution in [1.82, 2.24) is 0 Å². The van der Waals surface area contributed by atoms with Gasteiger partial charge in [-0.2, -0.15) is 0 Å². The SMILES string of the molecule is NS(=O)(=O)c1ccoc1. The van der Waals surface area contributed by atoms with E-state index in [-0.39, 0.29) is 4.90 Å². The van der Waals surface area contributed by atoms with E-state index in [0.29, 0.717) is 0 Å². The molecule has 0 aliphatic heterocycles. The van der Waals surface area contributed by atoms with Gasteiger partial charge in [-0.1, -0.05) is 0 Å². The van der Waals surface area contributed by atoms with Crippen molar-refractivity contribution < 1.29 is 12.8 Å². The van der Waals surface area contributed by atoms with Crippen LogP contribution in [-0.4, -0.2) is 8.42 Å². The Morgan fingerprint density at radius 2 is 2.22 bits per heavy atom. The van der Waals surface area contributed by atoms with Gasteiger partial charge in [0.2, 0.25) is 10.0 Å². The van der Waals surface area contributed by atoms with Crippen molar-refractivity contribution in [2.24, 2.45) is 5.14 Å². The minimum atomic E-state index is -3.55. The Labute approximate surface area is 52.3 Å². The van der Waals surface area contributed by atoms with Gasteiger partial charge in [0, 0.05) is 0 Å². The first-order chi connectivity index (χ1) is 4.11. The average molecular weight is 147 g/mol. The second-order valence-electron chi connectivity index (χ2n) is 1.50. The Morgan fingerprint density at radius 3 is 2.44 bits per heavy atom. The van der Waals surface area contributed by atoms with Crippen LogP contribution in [0.5, 0.6) is 0 Å². The molecule has 5 heteroatoms. The molecule has 50 valence electrons. The smallest absolute Gasteiger partial charge is 0.241 e. The standard InChI is InChI=1S/C4H5NO3S/c5-9(6,7)4-1-2-8-3-4/h1-3H,(H2,5,6,7). The molecule has 9 heavy (non-hydrogen) atoms. The molecule has 1 rings (SSSR count). The van der Waals surface area contributed by atoms with Gasteiger partial charge in [0.25, 0.3) is 0 Å². The van der Waals surface area contributed by atoms with Crippen molar-refractivity contribution in [2.75, 3.05) is 0 Å². The molecule has 0 unspecified atom stereocenters. The highest BCUT2D eigenvalue weighted by molar-refractivity contribution is 7.89. The minimum Gasteiger partial charge on any atom is -0.471 e. The maximum Gasteiger partial charge on any atom is 0.241 e. The van der Waals surface area contributed by atoms with Gasteiger partial charge in [0.15, 0.2) is 0 Å². The molecular formula is C4H5NO3S. The molecule has 0 aromatic carbocycles. The molecule has 1 heterocycles. The predicted molar refractivity (Wildman–Crippen MR) is 30.1 cm³/mol. The zero-order chi connectivity index (χ0) is 6.91. The van der Waals surface area contributed by atoms with Crippen molar-refractivity contribution in [2.45, 2.75) is 4.90 Å². The quantitative estimate of drug-likeness (QED) is 0.604. The summed E-state index contributed by atoms with van der Waals surface area (Å²) < 4.78 is 25.3. The van der Waals surface area contributed by atoms with E-state index in [1.807, 2.05) is 0 Å². The summed E-state index contributed by atoms with van der Waals surface area (Å²) in [5, 5.41) is 4.71. The summed E-state index contributed by atoms with van der Waals surface area (Å²) in [6.07, 6.45) is 2.33. The number of primary sulfonamides is 1. The molecular weight excluding hydrogens is 142 g/mol. The highest BCUT2D eigenvalue weighted by Gasteiger charge is 2.06. The number of rotatable bonds is 1. The molecule has 0 saturated heterocycles. The van der Waals surface area contributed by atoms with Gasteiger partial charge in [-0.05, 0) is 6.07 Å². The van der Waals surface area contributed by atoms with Crippen LogP contribution in [0.1, 0.15) is 0 Å². The molecule has 4 nitrogen and oxygen atoms in total. The maximum absolute atomic E-state index is 10.4. The molecule has 0 saturated carbocycles. The number of hydrogen-bond donors (Lipinski definition) is 1. The molecule has 0 spiro atoms. The van der Waals surface area contributed by atoms with Crippen molar-refractivity contribution in [3.63, 3.8) is 0 Å². The van der Waals surface area contributed by atoms with Gasteiger partial charge in [-0.3, -0.25) is 0 Å². The summed E-state index contributed by atoms with van der Waals surface area (Å²) in [5.41, 5.74) is 0. The minimum absolute atomic E-state index is 0.00231. The summed E-state index contributed by atoms with van der Waals surface area (Å²) in [6.45, 7) is 0. The fourth-order valence-electron chi connectivity index (χ4n) is 0.414. The summed E-state index contributed by atoms with van der Waals surface area (Å²) >= 11 is 0. The Bertz CT molecular complexity index is 273. The van der Waals surface area contributed by atoms with Gasteiger partial charge in [0.05, 0.1) is 6.26 Å². The third-order valence-corrected chi connectivity index (χ3v) is 1.71. The lowest BCUT2D eigenvalue weighted by atomic mass is 10.7. The molecule has 1 aromatic rings. The fourth-order valence-corrected chi connectivity index (χ4v) is 0.849. The highest BCUT2D eigenvalue weighted by atomic mass is 32.2. The number of furan rings is 1. The topological polar surface area (TPSA) is 73.3 Å². The molecule has 0 aliphatic rings. The Morgan fingerprint density at radius 1 is 1.56 bits per heavy atom. The largest absolute Gasteiger partial charge is 0.471 e. The van der Waals surface area contributed by atoms with Crippen LogP contribution in [0.15, 0.2) is 27.9 Å². The van der Waals surface area contributed by atoms with Crippen molar-refractivity contribution in [3.05, 3.63) is 18.6 Å². The lowest BCUT2D eigenvalue weighted by Crippen LogP contribution is -2.10. The van der Waals surface area contributed by atoms with E-state index in [9.17, 15) is 8.42 Å². The van der Waals surface area contributed by atoms with Crippen LogP contribution in [0.4, 0.5) is 0 Å². The average Bonchev–Trinajstić information content (AvgIpc) is 2.08. The first kappa shape index (κ1) is 6.31. The Balaban J connectivity index is 3.20. The van der Waals surface area contributed by atoms with Gasteiger partial charge in [-0.25, -0.2) is 13.6 Å². The summed E-state index contributed by atoms with van der Waals surface area (Å²) in [7, 11) is -3.55. The van der Waals surface area contributed by atoms with E-state index in [1.54, 1.807) is 0 Å². The first-order valence-electron chi connectivity index (χ1n) is 2.16. The second-order valence-corrected chi connectivity index (χ2v) is 3.07. The van der Waals surface area contributed by atoms with Crippen molar-refractivity contribution in [3.8, 4) is 0 Å². The van der Waals surface area contributed by atoms with Crippen LogP contribution in [0.3, 0.4) is 0 Å². The fraction of sp³-hybridized carbons (Fsp3) is 0. The van der Waals surface area contributed by atoms with Crippen LogP contribution >= 0.6 is 0 Å². The van der Waals surface area contributed by atoms with Crippen LogP contribution in [-0.2, 0) is 10.0 Å². The van der Waals surface area contributed by atoms with Crippen LogP contribution in [0.25, 0.3) is 0 Å². The monoisotopic (exact) mass is 147 g/mol. The van der Waals surface area contributed by atoms with Gasteiger partial charge >= 0.3 is 0 Å². The summed E-state index contributed by atoms with van der Waals surface area (Å²) in [5.74, 6) is 0. The predicted octanol–water partition coefficient (Wildman–Crippen LogP) is -0.0730. The lowest BCUT2D eigenvalue weighted by molar-refractivity contribution is 0.556. The number of nitrogens with two attached hydrogens (primary N) is 1. The number of hydrogen-bond acceptors (Lipinski definition) is 3. The lowest BCUT2D eigenvalue weighted by Gasteiger charge is -1.85. The molecule has 0 bridgehead atoms. The third-order valence-electron chi connectivity index (χ3n) is 0.824. The van der Waals surface area contributed by atoms with E-state index in [2.05, 4.69) is 4.42 Å². The van der Waals surface area contributed by atoms with Crippen molar-refractivity contribution >= 4 is 10.0 Å². The zero-order valence-corrected chi connectivity index (χ0v) is 5.26. The van der Waals surface area contributed by atoms with Crippen LogP contribution < -0.4 is 5.14 Å². The summed E-state index contributed by atoms with van der Waals surface area (Å²) in [6, 6.07) is 1.29. The molecule has 0 amide bonds. The molecule has 2 N–H and O–H groups in total. The number of sulfonamides is 1. The summed E-state index contributed by atoms with van der Waals surface area (Å²) in [4.78, 5) is 0.00231. The van der Waals surface area contributed by atoms with E-state index >= 15 is 0 Å². The zero-order valence-electron chi connectivity index (χ0n) is 4.44. The Kier molecular flexibility index (Phi) is 1.30. The third kappa shape index (κ3) is 1.30. The van der Waals surface area contributed by atoms with Crippen LogP contribution in [0.2, 0.25) is 0 Å². The van der Waals surface area contributed by atoms with E-state index in [4.69, 9.17) is 5.14 Å². The highest BCUT2D eigenvalue weighted by Crippen LogP contribution is 2.04. The van der Waals surface area contributed by atoms with Gasteiger partial charge < -0.3 is 4.42 Å². The van der Waals surface area contributed by atoms with E-state index in [0.717, 1.165) is 6.26 Å². The first-order valence-corrected chi connectivity index (χ1v) is 3.70. The van der Waals surface area contributed by atoms with Crippen LogP contribution in [0, 0.1) is 0 Å². The van der Waals surface area contributed by atoms with E-state index < -0.39 is 10.0 Å². The Hall–Kier alpha value is -0.810. The molecule has 0 fully saturated rings. The van der Waals surface area contributed by atoms with Gasteiger partial charge in [0.1, 0.15) is 11.2 Å². The van der Waals surface area contributed by atoms with E-state index in [1.165, 1.54) is 12.3 Å². The molecule has 0 aliphatic carbocycles. The molecule has 0 atom stereocenters. The molecule has 0 radical (unpaired) electrons. The normalized spacial score (nSPS) is 11.7. The molecule has 1 aromatic heterocycles.